The molecule has 3 aromatic rings. The van der Waals surface area contributed by atoms with E-state index in [2.05, 4.69) is 20.4 Å². The number of ether oxygens (including phenoxy) is 1. The van der Waals surface area contributed by atoms with Crippen molar-refractivity contribution in [2.75, 3.05) is 11.9 Å². The number of aromatic nitrogens is 4. The normalized spacial score (nSPS) is 11.4. The summed E-state index contributed by atoms with van der Waals surface area (Å²) in [6.07, 6.45) is 3.20. The minimum absolute atomic E-state index is 0.233. The molecule has 0 unspecified atom stereocenters. The Bertz CT molecular complexity index is 1030. The molecule has 2 aromatic heterocycles. The molecule has 0 aliphatic rings. The minimum Gasteiger partial charge on any atom is -0.482 e. The van der Waals surface area contributed by atoms with Gasteiger partial charge < -0.3 is 10.1 Å². The van der Waals surface area contributed by atoms with E-state index < -0.39 is 5.91 Å². The Morgan fingerprint density at radius 2 is 1.72 bits per heavy atom. The van der Waals surface area contributed by atoms with Crippen LogP contribution in [0.3, 0.4) is 0 Å². The molecule has 0 fully saturated rings. The van der Waals surface area contributed by atoms with Gasteiger partial charge in [0.15, 0.2) is 6.61 Å². The van der Waals surface area contributed by atoms with Crippen molar-refractivity contribution in [1.82, 2.24) is 19.7 Å². The van der Waals surface area contributed by atoms with E-state index in [1.165, 1.54) is 16.8 Å². The van der Waals surface area contributed by atoms with Gasteiger partial charge in [0, 0.05) is 29.9 Å². The number of rotatable bonds is 5. The van der Waals surface area contributed by atoms with Crippen LogP contribution in [0.1, 0.15) is 26.5 Å². The average Bonchev–Trinajstić information content (AvgIpc) is 3.08. The summed E-state index contributed by atoms with van der Waals surface area (Å²) < 4.78 is 6.96. The molecule has 3 rings (SSSR count). The van der Waals surface area contributed by atoms with Crippen molar-refractivity contribution < 1.29 is 9.53 Å². The van der Waals surface area contributed by atoms with Gasteiger partial charge in [-0.25, -0.2) is 9.97 Å². The van der Waals surface area contributed by atoms with Crippen molar-refractivity contribution in [3.05, 3.63) is 57.4 Å². The molecule has 1 amide bonds. The fourth-order valence-corrected chi connectivity index (χ4v) is 2.92. The summed E-state index contributed by atoms with van der Waals surface area (Å²) in [5.74, 6) is 0.609. The van der Waals surface area contributed by atoms with Gasteiger partial charge in [0.25, 0.3) is 11.9 Å². The molecule has 0 aliphatic heterocycles. The third kappa shape index (κ3) is 5.18. The summed E-state index contributed by atoms with van der Waals surface area (Å²) in [5, 5.41) is 8.15. The third-order valence-electron chi connectivity index (χ3n) is 3.82. The molecule has 29 heavy (non-hydrogen) atoms. The SMILES string of the molecule is CC(C)(C)c1cc(NC(=O)COc2cc(Cl)c(Cl)cc2Cl)n(-c2ncccn2)n1. The zero-order valence-corrected chi connectivity index (χ0v) is 18.2. The van der Waals surface area contributed by atoms with Crippen LogP contribution in [0.25, 0.3) is 5.95 Å². The molecular weight excluding hydrogens is 437 g/mol. The first-order chi connectivity index (χ1) is 13.6. The Hall–Kier alpha value is -2.35. The molecule has 0 atom stereocenters. The van der Waals surface area contributed by atoms with Gasteiger partial charge in [-0.05, 0) is 12.1 Å². The van der Waals surface area contributed by atoms with Crippen LogP contribution in [-0.2, 0) is 10.2 Å². The highest BCUT2D eigenvalue weighted by Gasteiger charge is 2.22. The van der Waals surface area contributed by atoms with E-state index in [1.807, 2.05) is 20.8 Å². The predicted octanol–water partition coefficient (Wildman–Crippen LogP) is 4.94. The van der Waals surface area contributed by atoms with E-state index in [0.29, 0.717) is 16.8 Å². The van der Waals surface area contributed by atoms with Gasteiger partial charge in [-0.2, -0.15) is 9.78 Å². The fraction of sp³-hybridized carbons (Fsp3) is 0.263. The van der Waals surface area contributed by atoms with Crippen molar-refractivity contribution in [3.63, 3.8) is 0 Å². The summed E-state index contributed by atoms with van der Waals surface area (Å²) in [6.45, 7) is 5.77. The summed E-state index contributed by atoms with van der Waals surface area (Å²) in [6, 6.07) is 6.39. The van der Waals surface area contributed by atoms with E-state index in [1.54, 1.807) is 24.5 Å². The second-order valence-corrected chi connectivity index (χ2v) is 8.38. The number of nitrogens with zero attached hydrogens (tertiary/aromatic N) is 4. The highest BCUT2D eigenvalue weighted by molar-refractivity contribution is 6.43. The van der Waals surface area contributed by atoms with Gasteiger partial charge in [-0.15, -0.1) is 0 Å². The molecule has 2 heterocycles. The van der Waals surface area contributed by atoms with Crippen LogP contribution in [-0.4, -0.2) is 32.3 Å². The monoisotopic (exact) mass is 453 g/mol. The Morgan fingerprint density at radius 1 is 1.07 bits per heavy atom. The molecule has 0 bridgehead atoms. The van der Waals surface area contributed by atoms with Crippen LogP contribution in [0.2, 0.25) is 15.1 Å². The van der Waals surface area contributed by atoms with Gasteiger partial charge in [0.1, 0.15) is 11.6 Å². The largest absolute Gasteiger partial charge is 0.482 e. The van der Waals surface area contributed by atoms with E-state index >= 15 is 0 Å². The molecule has 0 spiro atoms. The number of hydrogen-bond donors (Lipinski definition) is 1. The van der Waals surface area contributed by atoms with E-state index in [0.717, 1.165) is 5.69 Å². The fourth-order valence-electron chi connectivity index (χ4n) is 2.33. The zero-order valence-electron chi connectivity index (χ0n) is 15.9. The Labute approximate surface area is 183 Å². The average molecular weight is 455 g/mol. The highest BCUT2D eigenvalue weighted by atomic mass is 35.5. The second kappa shape index (κ2) is 8.57. The first-order valence-electron chi connectivity index (χ1n) is 8.60. The Kier molecular flexibility index (Phi) is 6.31. The predicted molar refractivity (Wildman–Crippen MR) is 113 cm³/mol. The van der Waals surface area contributed by atoms with Crippen molar-refractivity contribution in [2.45, 2.75) is 26.2 Å². The van der Waals surface area contributed by atoms with Crippen molar-refractivity contribution in [3.8, 4) is 11.7 Å². The van der Waals surface area contributed by atoms with Gasteiger partial charge >= 0.3 is 0 Å². The maximum atomic E-state index is 12.5. The van der Waals surface area contributed by atoms with Crippen LogP contribution < -0.4 is 10.1 Å². The zero-order chi connectivity index (χ0) is 21.2. The lowest BCUT2D eigenvalue weighted by Gasteiger charge is -2.13. The maximum absolute atomic E-state index is 12.5. The van der Waals surface area contributed by atoms with Crippen LogP contribution >= 0.6 is 34.8 Å². The molecule has 0 aliphatic carbocycles. The quantitative estimate of drug-likeness (QED) is 0.552. The highest BCUT2D eigenvalue weighted by Crippen LogP contribution is 2.33. The molecule has 0 saturated carbocycles. The molecule has 0 radical (unpaired) electrons. The molecule has 1 aromatic carbocycles. The topological polar surface area (TPSA) is 81.9 Å². The first-order valence-corrected chi connectivity index (χ1v) is 9.73. The standard InChI is InChI=1S/C19H18Cl3N5O2/c1-19(2,3)15-9-16(27(26-15)18-23-5-4-6-24-18)25-17(28)10-29-14-8-12(21)11(20)7-13(14)22/h4-9H,10H2,1-3H3,(H,25,28). The lowest BCUT2D eigenvalue weighted by Crippen LogP contribution is -2.22. The van der Waals surface area contributed by atoms with Gasteiger partial charge in [0.05, 0.1) is 20.8 Å². The Balaban J connectivity index is 1.79. The van der Waals surface area contributed by atoms with Crippen LogP contribution in [0.5, 0.6) is 5.75 Å². The Morgan fingerprint density at radius 3 is 2.38 bits per heavy atom. The lowest BCUT2D eigenvalue weighted by atomic mass is 9.92. The van der Waals surface area contributed by atoms with Gasteiger partial charge in [-0.1, -0.05) is 55.6 Å². The third-order valence-corrected chi connectivity index (χ3v) is 4.84. The van der Waals surface area contributed by atoms with E-state index in [9.17, 15) is 4.79 Å². The summed E-state index contributed by atoms with van der Waals surface area (Å²) in [5.41, 5.74) is 0.539. The van der Waals surface area contributed by atoms with Crippen LogP contribution in [0, 0.1) is 0 Å². The first kappa shape index (κ1) is 21.4. The number of nitrogens with one attached hydrogen (secondary N) is 1. The molecule has 152 valence electrons. The number of carbonyl (C=O) groups excluding carboxylic acids is 1. The van der Waals surface area contributed by atoms with Crippen molar-refractivity contribution in [2.24, 2.45) is 0 Å². The summed E-state index contributed by atoms with van der Waals surface area (Å²) in [7, 11) is 0. The summed E-state index contributed by atoms with van der Waals surface area (Å²) >= 11 is 17.9. The molecule has 7 nitrogen and oxygen atoms in total. The van der Waals surface area contributed by atoms with Gasteiger partial charge in [0.2, 0.25) is 0 Å². The maximum Gasteiger partial charge on any atom is 0.263 e. The minimum atomic E-state index is -0.412. The number of carbonyl (C=O) groups is 1. The second-order valence-electron chi connectivity index (χ2n) is 7.16. The number of hydrogen-bond acceptors (Lipinski definition) is 5. The lowest BCUT2D eigenvalue weighted by molar-refractivity contribution is -0.118. The number of anilines is 1. The smallest absolute Gasteiger partial charge is 0.263 e. The van der Waals surface area contributed by atoms with Crippen LogP contribution in [0.4, 0.5) is 5.82 Å². The van der Waals surface area contributed by atoms with Crippen LogP contribution in [0.15, 0.2) is 36.7 Å². The van der Waals surface area contributed by atoms with Crippen molar-refractivity contribution >= 4 is 46.5 Å². The summed E-state index contributed by atoms with van der Waals surface area (Å²) in [4.78, 5) is 20.9. The number of amides is 1. The van der Waals surface area contributed by atoms with E-state index in [-0.39, 0.29) is 27.8 Å². The molecule has 1 N–H and O–H groups in total. The van der Waals surface area contributed by atoms with Gasteiger partial charge in [-0.3, -0.25) is 4.79 Å². The molecular formula is C19H18Cl3N5O2. The number of halogens is 3. The number of benzene rings is 1. The van der Waals surface area contributed by atoms with E-state index in [4.69, 9.17) is 39.5 Å². The molecule has 10 heteroatoms. The van der Waals surface area contributed by atoms with Crippen molar-refractivity contribution in [1.29, 1.82) is 0 Å². The molecule has 0 saturated heterocycles.